The fourth-order valence-electron chi connectivity index (χ4n) is 0.867. The van der Waals surface area contributed by atoms with Gasteiger partial charge in [0.25, 0.3) is 0 Å². The summed E-state index contributed by atoms with van der Waals surface area (Å²) >= 11 is 0. The van der Waals surface area contributed by atoms with Gasteiger partial charge in [-0.1, -0.05) is 0 Å². The van der Waals surface area contributed by atoms with Gasteiger partial charge in [-0.15, -0.1) is 0 Å². The highest BCUT2D eigenvalue weighted by atomic mass is 16.2. The first-order valence-corrected chi connectivity index (χ1v) is 4.39. The van der Waals surface area contributed by atoms with Crippen molar-refractivity contribution < 1.29 is 9.59 Å². The van der Waals surface area contributed by atoms with E-state index in [2.05, 4.69) is 10.6 Å². The second-order valence-electron chi connectivity index (χ2n) is 2.50. The first-order chi connectivity index (χ1) is 6.15. The van der Waals surface area contributed by atoms with Crippen LogP contribution in [0.2, 0.25) is 0 Å². The normalized spacial score (nSPS) is 9.15. The van der Waals surface area contributed by atoms with Crippen LogP contribution in [0.4, 0.5) is 4.79 Å². The Balaban J connectivity index is 3.79. The maximum atomic E-state index is 11.3. The van der Waals surface area contributed by atoms with Crippen LogP contribution in [0.15, 0.2) is 0 Å². The van der Waals surface area contributed by atoms with E-state index in [9.17, 15) is 9.59 Å². The summed E-state index contributed by atoms with van der Waals surface area (Å²) in [6.45, 7) is 5.12. The number of amides is 3. The topological polar surface area (TPSA) is 61.4 Å². The molecule has 0 radical (unpaired) electrons. The van der Waals surface area contributed by atoms with Crippen LogP contribution in [0.5, 0.6) is 0 Å². The summed E-state index contributed by atoms with van der Waals surface area (Å²) in [5, 5.41) is 4.93. The Bertz CT molecular complexity index is 178. The third kappa shape index (κ3) is 4.35. The van der Waals surface area contributed by atoms with E-state index in [0.717, 1.165) is 0 Å². The maximum Gasteiger partial charge on any atom is 0.317 e. The first kappa shape index (κ1) is 11.7. The van der Waals surface area contributed by atoms with Crippen LogP contribution in [-0.2, 0) is 4.79 Å². The van der Waals surface area contributed by atoms with Gasteiger partial charge >= 0.3 is 6.03 Å². The summed E-state index contributed by atoms with van der Waals surface area (Å²) < 4.78 is 0. The zero-order chi connectivity index (χ0) is 10.3. The Morgan fingerprint density at radius 2 is 1.77 bits per heavy atom. The van der Waals surface area contributed by atoms with Crippen LogP contribution < -0.4 is 10.6 Å². The zero-order valence-electron chi connectivity index (χ0n) is 8.39. The standard InChI is InChI=1S/C8H17N3O2/c1-4-11(5-2)8(13)10-6-7(12)9-3/h4-6H2,1-3H3,(H,9,12)(H,10,13). The minimum atomic E-state index is -0.200. The Morgan fingerprint density at radius 1 is 1.23 bits per heavy atom. The molecule has 0 saturated carbocycles. The Kier molecular flexibility index (Phi) is 5.67. The summed E-state index contributed by atoms with van der Waals surface area (Å²) in [7, 11) is 1.53. The third-order valence-corrected chi connectivity index (χ3v) is 1.73. The molecule has 0 bridgehead atoms. The van der Waals surface area contributed by atoms with Crippen LogP contribution in [-0.4, -0.2) is 43.5 Å². The van der Waals surface area contributed by atoms with Gasteiger partial charge in [0.2, 0.25) is 5.91 Å². The molecule has 0 aromatic carbocycles. The molecule has 0 aromatic rings. The number of nitrogens with zero attached hydrogens (tertiary/aromatic N) is 1. The summed E-state index contributed by atoms with van der Waals surface area (Å²) in [5.41, 5.74) is 0. The average molecular weight is 187 g/mol. The van der Waals surface area contributed by atoms with Gasteiger partial charge < -0.3 is 15.5 Å². The van der Waals surface area contributed by atoms with Gasteiger partial charge in [0.1, 0.15) is 0 Å². The molecule has 0 atom stereocenters. The molecule has 0 fully saturated rings. The molecule has 0 aliphatic heterocycles. The maximum absolute atomic E-state index is 11.3. The molecule has 0 heterocycles. The molecule has 0 aromatic heterocycles. The average Bonchev–Trinajstić information content (AvgIpc) is 2.16. The molecule has 5 nitrogen and oxygen atoms in total. The van der Waals surface area contributed by atoms with Crippen LogP contribution in [0.3, 0.4) is 0 Å². The van der Waals surface area contributed by atoms with Gasteiger partial charge in [-0.2, -0.15) is 0 Å². The molecular weight excluding hydrogens is 170 g/mol. The van der Waals surface area contributed by atoms with Crippen molar-refractivity contribution in [3.8, 4) is 0 Å². The predicted octanol–water partition coefficient (Wildman–Crippen LogP) is -0.216. The number of nitrogens with one attached hydrogen (secondary N) is 2. The number of hydrogen-bond acceptors (Lipinski definition) is 2. The van der Waals surface area contributed by atoms with Crippen molar-refractivity contribution in [1.29, 1.82) is 0 Å². The second kappa shape index (κ2) is 6.28. The van der Waals surface area contributed by atoms with E-state index in [1.54, 1.807) is 4.90 Å². The zero-order valence-corrected chi connectivity index (χ0v) is 8.39. The van der Waals surface area contributed by atoms with Gasteiger partial charge in [-0.05, 0) is 13.8 Å². The van der Waals surface area contributed by atoms with Crippen LogP contribution in [0, 0.1) is 0 Å². The predicted molar refractivity (Wildman–Crippen MR) is 50.4 cm³/mol. The Labute approximate surface area is 78.5 Å². The number of hydrogen-bond donors (Lipinski definition) is 2. The molecule has 76 valence electrons. The van der Waals surface area contributed by atoms with E-state index in [4.69, 9.17) is 0 Å². The van der Waals surface area contributed by atoms with E-state index in [1.807, 2.05) is 13.8 Å². The minimum absolute atomic E-state index is 0.0336. The van der Waals surface area contributed by atoms with E-state index in [1.165, 1.54) is 7.05 Å². The number of carbonyl (C=O) groups excluding carboxylic acids is 2. The Morgan fingerprint density at radius 3 is 2.15 bits per heavy atom. The van der Waals surface area contributed by atoms with Crippen molar-refractivity contribution >= 4 is 11.9 Å². The smallest absolute Gasteiger partial charge is 0.317 e. The molecule has 0 aliphatic carbocycles. The van der Waals surface area contributed by atoms with Gasteiger partial charge in [-0.3, -0.25) is 4.79 Å². The lowest BCUT2D eigenvalue weighted by Crippen LogP contribution is -2.43. The van der Waals surface area contributed by atoms with Gasteiger partial charge in [0.15, 0.2) is 0 Å². The molecule has 3 amide bonds. The molecule has 0 rings (SSSR count). The van der Waals surface area contributed by atoms with E-state index in [-0.39, 0.29) is 18.5 Å². The van der Waals surface area contributed by atoms with Crippen molar-refractivity contribution in [2.45, 2.75) is 13.8 Å². The van der Waals surface area contributed by atoms with Gasteiger partial charge in [0.05, 0.1) is 6.54 Å². The summed E-state index contributed by atoms with van der Waals surface area (Å²) in [5.74, 6) is -0.194. The number of rotatable bonds is 4. The third-order valence-electron chi connectivity index (χ3n) is 1.73. The van der Waals surface area contributed by atoms with Crippen molar-refractivity contribution in [3.63, 3.8) is 0 Å². The fourth-order valence-corrected chi connectivity index (χ4v) is 0.867. The lowest BCUT2D eigenvalue weighted by Gasteiger charge is -2.18. The quantitative estimate of drug-likeness (QED) is 0.639. The SMILES string of the molecule is CCN(CC)C(=O)NCC(=O)NC. The lowest BCUT2D eigenvalue weighted by atomic mass is 10.5. The minimum Gasteiger partial charge on any atom is -0.358 e. The highest BCUT2D eigenvalue weighted by Crippen LogP contribution is 1.86. The van der Waals surface area contributed by atoms with E-state index < -0.39 is 0 Å². The molecule has 2 N–H and O–H groups in total. The van der Waals surface area contributed by atoms with Gasteiger partial charge in [0, 0.05) is 20.1 Å². The summed E-state index contributed by atoms with van der Waals surface area (Å²) in [6, 6.07) is -0.200. The van der Waals surface area contributed by atoms with E-state index in [0.29, 0.717) is 13.1 Å². The van der Waals surface area contributed by atoms with Crippen molar-refractivity contribution in [2.24, 2.45) is 0 Å². The summed E-state index contributed by atoms with van der Waals surface area (Å²) in [4.78, 5) is 23.6. The monoisotopic (exact) mass is 187 g/mol. The van der Waals surface area contributed by atoms with Crippen molar-refractivity contribution in [2.75, 3.05) is 26.7 Å². The van der Waals surface area contributed by atoms with Gasteiger partial charge in [-0.25, -0.2) is 4.79 Å². The fraction of sp³-hybridized carbons (Fsp3) is 0.750. The second-order valence-corrected chi connectivity index (χ2v) is 2.50. The molecule has 0 spiro atoms. The van der Waals surface area contributed by atoms with Crippen molar-refractivity contribution in [1.82, 2.24) is 15.5 Å². The summed E-state index contributed by atoms with van der Waals surface area (Å²) in [6.07, 6.45) is 0. The number of urea groups is 1. The molecule has 13 heavy (non-hydrogen) atoms. The molecule has 5 heteroatoms. The lowest BCUT2D eigenvalue weighted by molar-refractivity contribution is -0.119. The highest BCUT2D eigenvalue weighted by Gasteiger charge is 2.09. The van der Waals surface area contributed by atoms with E-state index >= 15 is 0 Å². The molecular formula is C8H17N3O2. The van der Waals surface area contributed by atoms with Crippen LogP contribution >= 0.6 is 0 Å². The first-order valence-electron chi connectivity index (χ1n) is 4.39. The molecule has 0 saturated heterocycles. The number of likely N-dealkylation sites (N-methyl/N-ethyl adjacent to an activating group) is 1. The highest BCUT2D eigenvalue weighted by molar-refractivity contribution is 5.83. The Hall–Kier alpha value is -1.26. The largest absolute Gasteiger partial charge is 0.358 e. The number of carbonyl (C=O) groups is 2. The van der Waals surface area contributed by atoms with Crippen LogP contribution in [0.1, 0.15) is 13.8 Å². The van der Waals surface area contributed by atoms with Crippen LogP contribution in [0.25, 0.3) is 0 Å². The molecule has 0 unspecified atom stereocenters. The molecule has 0 aliphatic rings. The van der Waals surface area contributed by atoms with Crippen molar-refractivity contribution in [3.05, 3.63) is 0 Å².